The molecule has 0 aliphatic heterocycles. The molecule has 14 heteroatoms. The van der Waals surface area contributed by atoms with Gasteiger partial charge in [-0.15, -0.1) is 0 Å². The Labute approximate surface area is 197 Å². The van der Waals surface area contributed by atoms with Crippen molar-refractivity contribution in [3.63, 3.8) is 0 Å². The quantitative estimate of drug-likeness (QED) is 0.0797. The summed E-state index contributed by atoms with van der Waals surface area (Å²) in [5, 5.41) is 17.0. The Hall–Kier alpha value is -3.68. The predicted octanol–water partition coefficient (Wildman–Crippen LogP) is -2.45. The topological polar surface area (TPSA) is 244 Å². The van der Waals surface area contributed by atoms with E-state index in [0.717, 1.165) is 0 Å². The second kappa shape index (κ2) is 13.8. The number of nitrogens with two attached hydrogens (primary N) is 3. The van der Waals surface area contributed by atoms with Crippen LogP contribution in [0.2, 0.25) is 0 Å². The van der Waals surface area contributed by atoms with Gasteiger partial charge in [0, 0.05) is 24.9 Å². The number of H-pyrrole nitrogens is 1. The number of hydrogen-bond acceptors (Lipinski definition) is 7. The summed E-state index contributed by atoms with van der Waals surface area (Å²) in [6.07, 6.45) is 3.26. The number of amides is 3. The molecule has 11 N–H and O–H groups in total. The molecule has 1 rings (SSSR count). The number of rotatable bonds is 14. The van der Waals surface area contributed by atoms with Gasteiger partial charge in [-0.05, 0) is 25.7 Å². The first-order chi connectivity index (χ1) is 15.9. The second-order valence-corrected chi connectivity index (χ2v) is 8.19. The van der Waals surface area contributed by atoms with Crippen LogP contribution in [-0.2, 0) is 25.6 Å². The largest absolute Gasteiger partial charge is 0.480 e. The maximum absolute atomic E-state index is 12.9. The third-order valence-corrected chi connectivity index (χ3v) is 4.94. The van der Waals surface area contributed by atoms with Crippen molar-refractivity contribution < 1.29 is 24.3 Å². The number of imidazole rings is 1. The highest BCUT2D eigenvalue weighted by molar-refractivity contribution is 5.94. The highest BCUT2D eigenvalue weighted by Gasteiger charge is 2.29. The second-order valence-electron chi connectivity index (χ2n) is 8.19. The smallest absolute Gasteiger partial charge is 0.326 e. The molecule has 1 heterocycles. The lowest BCUT2D eigenvalue weighted by Crippen LogP contribution is -2.57. The van der Waals surface area contributed by atoms with E-state index in [2.05, 4.69) is 30.9 Å². The molecule has 0 spiro atoms. The van der Waals surface area contributed by atoms with Crippen LogP contribution in [0.5, 0.6) is 0 Å². The first-order valence-corrected chi connectivity index (χ1v) is 10.8. The number of aliphatic carboxylic acids is 1. The number of carboxylic acids is 1. The Bertz CT molecular complexity index is 853. The van der Waals surface area contributed by atoms with Crippen molar-refractivity contribution in [2.24, 2.45) is 28.1 Å². The third kappa shape index (κ3) is 9.85. The number of nitrogens with zero attached hydrogens (tertiary/aromatic N) is 2. The van der Waals surface area contributed by atoms with Crippen molar-refractivity contribution >= 4 is 29.7 Å². The summed E-state index contributed by atoms with van der Waals surface area (Å²) >= 11 is 0. The Kier molecular flexibility index (Phi) is 11.5. The molecule has 0 bridgehead atoms. The fraction of sp³-hybridized carbons (Fsp3) is 0.600. The number of carbonyl (C=O) groups excluding carboxylic acids is 3. The summed E-state index contributed by atoms with van der Waals surface area (Å²) in [6.45, 7) is 5.20. The first-order valence-electron chi connectivity index (χ1n) is 10.8. The van der Waals surface area contributed by atoms with E-state index >= 15 is 0 Å². The van der Waals surface area contributed by atoms with Crippen LogP contribution in [0.4, 0.5) is 0 Å². The van der Waals surface area contributed by atoms with E-state index in [4.69, 9.17) is 17.2 Å². The van der Waals surface area contributed by atoms with E-state index < -0.39 is 47.9 Å². The van der Waals surface area contributed by atoms with Crippen LogP contribution in [0, 0.1) is 5.92 Å². The molecule has 0 aromatic carbocycles. The molecular weight excluding hydrogens is 446 g/mol. The molecule has 3 amide bonds. The van der Waals surface area contributed by atoms with E-state index in [-0.39, 0.29) is 31.3 Å². The molecule has 0 aliphatic rings. The van der Waals surface area contributed by atoms with Gasteiger partial charge in [0.1, 0.15) is 18.1 Å². The molecule has 0 saturated heterocycles. The van der Waals surface area contributed by atoms with Crippen molar-refractivity contribution in [2.45, 2.75) is 64.2 Å². The van der Waals surface area contributed by atoms with Gasteiger partial charge in [0.05, 0.1) is 12.4 Å². The highest BCUT2D eigenvalue weighted by atomic mass is 16.4. The van der Waals surface area contributed by atoms with Gasteiger partial charge in [0.25, 0.3) is 0 Å². The zero-order valence-electron chi connectivity index (χ0n) is 19.6. The fourth-order valence-electron chi connectivity index (χ4n) is 2.84. The Balaban J connectivity index is 2.87. The summed E-state index contributed by atoms with van der Waals surface area (Å²) in [6, 6.07) is -4.13. The highest BCUT2D eigenvalue weighted by Crippen LogP contribution is 2.04. The van der Waals surface area contributed by atoms with Crippen LogP contribution < -0.4 is 33.2 Å². The zero-order valence-corrected chi connectivity index (χ0v) is 19.6. The van der Waals surface area contributed by atoms with Crippen LogP contribution in [0.15, 0.2) is 17.5 Å². The molecule has 1 aromatic heterocycles. The Morgan fingerprint density at radius 2 is 1.71 bits per heavy atom. The maximum Gasteiger partial charge on any atom is 0.326 e. The lowest BCUT2D eigenvalue weighted by molar-refractivity contribution is -0.142. The average Bonchev–Trinajstić information content (AvgIpc) is 3.27. The minimum absolute atomic E-state index is 0.0324. The fourth-order valence-corrected chi connectivity index (χ4v) is 2.84. The summed E-state index contributed by atoms with van der Waals surface area (Å²) in [7, 11) is 0. The summed E-state index contributed by atoms with van der Waals surface area (Å²) in [4.78, 5) is 59.8. The van der Waals surface area contributed by atoms with Gasteiger partial charge < -0.3 is 43.2 Å². The van der Waals surface area contributed by atoms with Crippen LogP contribution in [-0.4, -0.2) is 75.4 Å². The molecule has 0 saturated carbocycles. The SMILES string of the molecule is CC(NC(=O)C(N)C(C)C)C(=O)NC(CCCN=C(N)N)C(=O)NC(Cc1cnc[nH]1)C(=O)O. The van der Waals surface area contributed by atoms with E-state index in [1.807, 2.05) is 0 Å². The number of guanidine groups is 1. The number of aromatic nitrogens is 2. The van der Waals surface area contributed by atoms with Gasteiger partial charge in [-0.3, -0.25) is 19.4 Å². The van der Waals surface area contributed by atoms with Crippen molar-refractivity contribution in [3.05, 3.63) is 18.2 Å². The molecule has 0 aliphatic carbocycles. The normalized spacial score (nSPS) is 14.4. The van der Waals surface area contributed by atoms with Crippen LogP contribution in [0.3, 0.4) is 0 Å². The van der Waals surface area contributed by atoms with E-state index in [1.54, 1.807) is 13.8 Å². The van der Waals surface area contributed by atoms with Crippen molar-refractivity contribution in [2.75, 3.05) is 6.54 Å². The summed E-state index contributed by atoms with van der Waals surface area (Å²) < 4.78 is 0. The predicted molar refractivity (Wildman–Crippen MR) is 124 cm³/mol. The number of aliphatic imine (C=N–C) groups is 1. The average molecular weight is 482 g/mol. The van der Waals surface area contributed by atoms with E-state index in [0.29, 0.717) is 12.1 Å². The van der Waals surface area contributed by atoms with Gasteiger partial charge in [-0.25, -0.2) is 9.78 Å². The number of carbonyl (C=O) groups is 4. The number of carboxylic acid groups (broad SMARTS) is 1. The lowest BCUT2D eigenvalue weighted by atomic mass is 10.0. The Morgan fingerprint density at radius 3 is 2.24 bits per heavy atom. The molecule has 14 nitrogen and oxygen atoms in total. The molecule has 4 unspecified atom stereocenters. The zero-order chi connectivity index (χ0) is 25.8. The van der Waals surface area contributed by atoms with Crippen molar-refractivity contribution in [1.29, 1.82) is 0 Å². The minimum atomic E-state index is -1.26. The first kappa shape index (κ1) is 28.4. The molecule has 0 fully saturated rings. The number of hydrogen-bond donors (Lipinski definition) is 8. The van der Waals surface area contributed by atoms with Gasteiger partial charge >= 0.3 is 5.97 Å². The molecule has 190 valence electrons. The number of aromatic amines is 1. The summed E-state index contributed by atoms with van der Waals surface area (Å²) in [5.41, 5.74) is 16.9. The Morgan fingerprint density at radius 1 is 1.06 bits per heavy atom. The van der Waals surface area contributed by atoms with Gasteiger partial charge in [0.2, 0.25) is 17.7 Å². The maximum atomic E-state index is 12.9. The molecule has 0 radical (unpaired) electrons. The van der Waals surface area contributed by atoms with E-state index in [9.17, 15) is 24.3 Å². The number of nitrogens with one attached hydrogen (secondary N) is 4. The standard InChI is InChI=1S/C20H35N9O5/c1-10(2)15(21)18(32)27-11(3)16(30)28-13(5-4-6-25-20(22)23)17(31)29-14(19(33)34)7-12-8-24-9-26-12/h8-11,13-15H,4-7,21H2,1-3H3,(H,24,26)(H,27,32)(H,28,30)(H,29,31)(H,33,34)(H4,22,23,25). The summed E-state index contributed by atoms with van der Waals surface area (Å²) in [5.74, 6) is -3.34. The lowest BCUT2D eigenvalue weighted by Gasteiger charge is -2.24. The van der Waals surface area contributed by atoms with Crippen molar-refractivity contribution in [3.8, 4) is 0 Å². The van der Waals surface area contributed by atoms with Crippen LogP contribution >= 0.6 is 0 Å². The third-order valence-electron chi connectivity index (χ3n) is 4.94. The van der Waals surface area contributed by atoms with Crippen LogP contribution in [0.25, 0.3) is 0 Å². The minimum Gasteiger partial charge on any atom is -0.480 e. The monoisotopic (exact) mass is 481 g/mol. The molecular formula is C20H35N9O5. The van der Waals surface area contributed by atoms with Gasteiger partial charge in [-0.1, -0.05) is 13.8 Å². The molecule has 4 atom stereocenters. The van der Waals surface area contributed by atoms with Crippen LogP contribution in [0.1, 0.15) is 39.3 Å². The van der Waals surface area contributed by atoms with Crippen molar-refractivity contribution in [1.82, 2.24) is 25.9 Å². The van der Waals surface area contributed by atoms with E-state index in [1.165, 1.54) is 19.4 Å². The van der Waals surface area contributed by atoms with Gasteiger partial charge in [-0.2, -0.15) is 0 Å². The van der Waals surface area contributed by atoms with Gasteiger partial charge in [0.15, 0.2) is 5.96 Å². The molecule has 34 heavy (non-hydrogen) atoms. The molecule has 1 aromatic rings.